The van der Waals surface area contributed by atoms with E-state index < -0.39 is 0 Å². The van der Waals surface area contributed by atoms with Gasteiger partial charge < -0.3 is 15.0 Å². The van der Waals surface area contributed by atoms with Crippen LogP contribution in [0.1, 0.15) is 29.6 Å². The Morgan fingerprint density at radius 2 is 2.21 bits per heavy atom. The predicted molar refractivity (Wildman–Crippen MR) is 91.0 cm³/mol. The summed E-state index contributed by atoms with van der Waals surface area (Å²) in [6.45, 7) is 1.86. The molecule has 1 aliphatic rings. The van der Waals surface area contributed by atoms with Gasteiger partial charge in [0.15, 0.2) is 5.82 Å². The van der Waals surface area contributed by atoms with Gasteiger partial charge in [-0.2, -0.15) is 4.98 Å². The van der Waals surface area contributed by atoms with E-state index >= 15 is 0 Å². The molecule has 0 spiro atoms. The molecule has 128 valence electrons. The molecule has 1 atom stereocenters. The van der Waals surface area contributed by atoms with E-state index in [1.165, 1.54) is 20.0 Å². The third kappa shape index (κ3) is 3.73. The number of aromatic nitrogens is 3. The van der Waals surface area contributed by atoms with Crippen LogP contribution in [-0.2, 0) is 0 Å². The van der Waals surface area contributed by atoms with Gasteiger partial charge in [0.2, 0.25) is 0 Å². The van der Waals surface area contributed by atoms with Crippen molar-refractivity contribution in [2.24, 2.45) is 0 Å². The zero-order valence-corrected chi connectivity index (χ0v) is 14.1. The van der Waals surface area contributed by atoms with Gasteiger partial charge in [-0.25, -0.2) is 0 Å². The largest absolute Gasteiger partial charge is 0.466 e. The predicted octanol–water partition coefficient (Wildman–Crippen LogP) is 1.69. The Kier molecular flexibility index (Phi) is 5.10. The van der Waals surface area contributed by atoms with Gasteiger partial charge in [-0.05, 0) is 45.0 Å². The number of hydrogen-bond acceptors (Lipinski definition) is 5. The molecular weight excluding hydrogens is 306 g/mol. The number of likely N-dealkylation sites (tertiary alicyclic amines) is 1. The smallest absolute Gasteiger partial charge is 0.335 e. The van der Waals surface area contributed by atoms with E-state index in [2.05, 4.69) is 32.4 Å². The van der Waals surface area contributed by atoms with Crippen molar-refractivity contribution in [3.63, 3.8) is 0 Å². The van der Waals surface area contributed by atoms with Crippen molar-refractivity contribution in [2.45, 2.75) is 25.3 Å². The fourth-order valence-corrected chi connectivity index (χ4v) is 3.04. The highest BCUT2D eigenvalue weighted by molar-refractivity contribution is 5.94. The Bertz CT molecular complexity index is 683. The maximum absolute atomic E-state index is 12.2. The molecule has 1 aliphatic heterocycles. The monoisotopic (exact) mass is 329 g/mol. The first kappa shape index (κ1) is 16.4. The van der Waals surface area contributed by atoms with Gasteiger partial charge in [0.25, 0.3) is 5.91 Å². The molecule has 1 fully saturated rings. The lowest BCUT2D eigenvalue weighted by molar-refractivity contribution is 0.0950. The van der Waals surface area contributed by atoms with E-state index in [9.17, 15) is 4.79 Å². The number of hydrogen-bond donors (Lipinski definition) is 2. The topological polar surface area (TPSA) is 83.1 Å². The summed E-state index contributed by atoms with van der Waals surface area (Å²) >= 11 is 0. The number of nitrogens with one attached hydrogen (secondary N) is 2. The Morgan fingerprint density at radius 3 is 2.83 bits per heavy atom. The van der Waals surface area contributed by atoms with Crippen molar-refractivity contribution in [1.82, 2.24) is 25.4 Å². The average Bonchev–Trinajstić information content (AvgIpc) is 3.24. The Labute approximate surface area is 141 Å². The average molecular weight is 329 g/mol. The minimum atomic E-state index is -0.0441. The van der Waals surface area contributed by atoms with Crippen LogP contribution in [0.3, 0.4) is 0 Å². The van der Waals surface area contributed by atoms with Crippen LogP contribution in [0.15, 0.2) is 24.3 Å². The molecule has 7 nitrogen and oxygen atoms in total. The molecule has 7 heteroatoms. The van der Waals surface area contributed by atoms with Gasteiger partial charge in [-0.3, -0.25) is 9.89 Å². The number of amides is 1. The summed E-state index contributed by atoms with van der Waals surface area (Å²) in [6, 6.07) is 8.17. The van der Waals surface area contributed by atoms with Gasteiger partial charge in [0.1, 0.15) is 0 Å². The Morgan fingerprint density at radius 1 is 1.42 bits per heavy atom. The first-order valence-electron chi connectivity index (χ1n) is 8.22. The first-order valence-corrected chi connectivity index (χ1v) is 8.22. The highest BCUT2D eigenvalue weighted by atomic mass is 16.5. The maximum Gasteiger partial charge on any atom is 0.335 e. The molecule has 1 saturated heterocycles. The highest BCUT2D eigenvalue weighted by Gasteiger charge is 2.20. The SMILES string of the molecule is COc1n[nH]c(-c2ccc(C(=O)NCCC3CCCN3C)cc2)n1. The molecule has 0 aliphatic carbocycles. The zero-order valence-electron chi connectivity index (χ0n) is 14.1. The molecule has 2 aromatic rings. The third-order valence-electron chi connectivity index (χ3n) is 4.50. The molecule has 0 radical (unpaired) electrons. The summed E-state index contributed by atoms with van der Waals surface area (Å²) in [5.41, 5.74) is 1.50. The van der Waals surface area contributed by atoms with E-state index in [4.69, 9.17) is 4.74 Å². The van der Waals surface area contributed by atoms with Crippen LogP contribution >= 0.6 is 0 Å². The number of nitrogens with zero attached hydrogens (tertiary/aromatic N) is 3. The molecule has 1 unspecified atom stereocenters. The molecular formula is C17H23N5O2. The van der Waals surface area contributed by atoms with Gasteiger partial charge in [0, 0.05) is 23.7 Å². The molecule has 1 amide bonds. The van der Waals surface area contributed by atoms with Crippen molar-refractivity contribution < 1.29 is 9.53 Å². The molecule has 1 aromatic heterocycles. The zero-order chi connectivity index (χ0) is 16.9. The lowest BCUT2D eigenvalue weighted by atomic mass is 10.1. The van der Waals surface area contributed by atoms with Crippen LogP contribution in [0, 0.1) is 0 Å². The second-order valence-corrected chi connectivity index (χ2v) is 6.07. The van der Waals surface area contributed by atoms with Crippen molar-refractivity contribution in [2.75, 3.05) is 27.2 Å². The summed E-state index contributed by atoms with van der Waals surface area (Å²) in [4.78, 5) is 18.8. The van der Waals surface area contributed by atoms with Crippen molar-refractivity contribution in [1.29, 1.82) is 0 Å². The number of ether oxygens (including phenoxy) is 1. The molecule has 0 saturated carbocycles. The first-order chi connectivity index (χ1) is 11.7. The third-order valence-corrected chi connectivity index (χ3v) is 4.50. The highest BCUT2D eigenvalue weighted by Crippen LogP contribution is 2.18. The van der Waals surface area contributed by atoms with E-state index in [1.807, 2.05) is 12.1 Å². The van der Waals surface area contributed by atoms with E-state index in [0.29, 0.717) is 30.0 Å². The van der Waals surface area contributed by atoms with Gasteiger partial charge >= 0.3 is 6.01 Å². The van der Waals surface area contributed by atoms with Crippen molar-refractivity contribution in [3.8, 4) is 17.4 Å². The number of benzene rings is 1. The fraction of sp³-hybridized carbons (Fsp3) is 0.471. The van der Waals surface area contributed by atoms with Crippen LogP contribution in [-0.4, -0.2) is 59.3 Å². The van der Waals surface area contributed by atoms with Crippen molar-refractivity contribution >= 4 is 5.91 Å². The van der Waals surface area contributed by atoms with E-state index in [-0.39, 0.29) is 5.91 Å². The summed E-state index contributed by atoms with van der Waals surface area (Å²) in [7, 11) is 3.67. The molecule has 1 aromatic carbocycles. The summed E-state index contributed by atoms with van der Waals surface area (Å²) < 4.78 is 4.95. The fourth-order valence-electron chi connectivity index (χ4n) is 3.04. The molecule has 2 N–H and O–H groups in total. The van der Waals surface area contributed by atoms with Crippen LogP contribution < -0.4 is 10.1 Å². The van der Waals surface area contributed by atoms with Gasteiger partial charge in [-0.15, -0.1) is 5.10 Å². The summed E-state index contributed by atoms with van der Waals surface area (Å²) in [5.74, 6) is 0.570. The number of aromatic amines is 1. The Balaban J connectivity index is 1.53. The quantitative estimate of drug-likeness (QED) is 0.843. The second-order valence-electron chi connectivity index (χ2n) is 6.07. The summed E-state index contributed by atoms with van der Waals surface area (Å²) in [5, 5.41) is 9.71. The standard InChI is InChI=1S/C17H23N5O2/c1-22-11-3-4-14(22)9-10-18-16(23)13-7-5-12(6-8-13)15-19-17(24-2)21-20-15/h5-8,14H,3-4,9-11H2,1-2H3,(H,18,23)(H,19,20,21). The summed E-state index contributed by atoms with van der Waals surface area (Å²) in [6.07, 6.45) is 3.48. The molecule has 2 heterocycles. The van der Waals surface area contributed by atoms with Crippen LogP contribution in [0.2, 0.25) is 0 Å². The van der Waals surface area contributed by atoms with Gasteiger partial charge in [-0.1, -0.05) is 12.1 Å². The van der Waals surface area contributed by atoms with E-state index in [0.717, 1.165) is 18.5 Å². The minimum Gasteiger partial charge on any atom is -0.466 e. The lowest BCUT2D eigenvalue weighted by Gasteiger charge is -2.19. The number of methoxy groups -OCH3 is 1. The lowest BCUT2D eigenvalue weighted by Crippen LogP contribution is -2.31. The van der Waals surface area contributed by atoms with Gasteiger partial charge in [0.05, 0.1) is 7.11 Å². The minimum absolute atomic E-state index is 0.0441. The normalized spacial score (nSPS) is 17.8. The number of carbonyl (C=O) groups is 1. The Hall–Kier alpha value is -2.41. The van der Waals surface area contributed by atoms with E-state index in [1.54, 1.807) is 12.1 Å². The number of H-pyrrole nitrogens is 1. The molecule has 24 heavy (non-hydrogen) atoms. The maximum atomic E-state index is 12.2. The van der Waals surface area contributed by atoms with Crippen molar-refractivity contribution in [3.05, 3.63) is 29.8 Å². The van der Waals surface area contributed by atoms with Crippen LogP contribution in [0.25, 0.3) is 11.4 Å². The van der Waals surface area contributed by atoms with Crippen LogP contribution in [0.4, 0.5) is 0 Å². The number of rotatable bonds is 6. The molecule has 3 rings (SSSR count). The number of carbonyl (C=O) groups excluding carboxylic acids is 1. The van der Waals surface area contributed by atoms with Crippen LogP contribution in [0.5, 0.6) is 6.01 Å². The second kappa shape index (κ2) is 7.44. The molecule has 0 bridgehead atoms.